The molecule has 276 valence electrons. The monoisotopic (exact) mass is 734 g/mol. The Morgan fingerprint density at radius 3 is 1.89 bits per heavy atom. The summed E-state index contributed by atoms with van der Waals surface area (Å²) in [5, 5.41) is 0. The van der Waals surface area contributed by atoms with E-state index in [2.05, 4.69) is 172 Å². The molecule has 0 saturated heterocycles. The molecule has 2 nitrogen and oxygen atoms in total. The van der Waals surface area contributed by atoms with Crippen LogP contribution in [0.2, 0.25) is 0 Å². The van der Waals surface area contributed by atoms with E-state index in [-0.39, 0.29) is 16.7 Å². The van der Waals surface area contributed by atoms with Crippen molar-refractivity contribution in [3.05, 3.63) is 192 Å². The van der Waals surface area contributed by atoms with E-state index < -0.39 is 0 Å². The Balaban J connectivity index is 0.984. The number of nitrogens with zero attached hydrogens (tertiary/aromatic N) is 2. The zero-order chi connectivity index (χ0) is 38.1. The van der Waals surface area contributed by atoms with E-state index in [1.807, 2.05) is 6.07 Å². The van der Waals surface area contributed by atoms with E-state index in [1.165, 1.54) is 87.7 Å². The first-order valence-electron chi connectivity index (χ1n) is 20.9. The molecule has 4 aliphatic rings. The van der Waals surface area contributed by atoms with Crippen molar-refractivity contribution in [1.29, 1.82) is 0 Å². The van der Waals surface area contributed by atoms with Gasteiger partial charge in [-0.15, -0.1) is 0 Å². The van der Waals surface area contributed by atoms with Gasteiger partial charge in [0.15, 0.2) is 5.82 Å². The van der Waals surface area contributed by atoms with Crippen LogP contribution >= 0.6 is 0 Å². The fraction of sp³-hybridized carbons (Fsp3) is 0.200. The minimum atomic E-state index is -0.0232. The summed E-state index contributed by atoms with van der Waals surface area (Å²) in [4.78, 5) is 10.2. The molecule has 1 aromatic heterocycles. The molecule has 0 N–H and O–H groups in total. The normalized spacial score (nSPS) is 17.9. The van der Waals surface area contributed by atoms with Gasteiger partial charge in [0.1, 0.15) is 0 Å². The van der Waals surface area contributed by atoms with Crippen LogP contribution < -0.4 is 0 Å². The van der Waals surface area contributed by atoms with E-state index in [0.717, 1.165) is 34.8 Å². The Morgan fingerprint density at radius 1 is 0.474 bits per heavy atom. The lowest BCUT2D eigenvalue weighted by Crippen LogP contribution is -2.28. The average Bonchev–Trinajstić information content (AvgIpc) is 3.66. The third-order valence-electron chi connectivity index (χ3n) is 13.6. The fourth-order valence-corrected chi connectivity index (χ4v) is 10.6. The molecule has 1 unspecified atom stereocenters. The molecule has 1 saturated carbocycles. The molecule has 0 amide bonds. The first kappa shape index (κ1) is 34.2. The number of hydrogen-bond donors (Lipinski definition) is 0. The molecule has 1 spiro atoms. The Morgan fingerprint density at radius 2 is 1.12 bits per heavy atom. The van der Waals surface area contributed by atoms with Crippen LogP contribution in [0, 0.1) is 0 Å². The standard InChI is InChI=1S/C55H46N2/c1-54(2)47-25-11-10-24-43(47)45-34-50-46(33-49(45)54)44-32-41(26-27-48(44)55(50)28-12-5-13-29-55)39-21-14-20-38(30-39)40-22-15-23-42(31-40)52-35-51(36-16-6-3-7-17-36)56-53(57-52)37-18-8-4-9-19-37/h3-4,6-11,14-16,18-27,30-36H,5,12-13,17,28-29H2,1-2H3. The third-order valence-corrected chi connectivity index (χ3v) is 13.6. The van der Waals surface area contributed by atoms with Gasteiger partial charge in [-0.3, -0.25) is 0 Å². The van der Waals surface area contributed by atoms with Gasteiger partial charge in [-0.25, -0.2) is 9.97 Å². The van der Waals surface area contributed by atoms with Crippen molar-refractivity contribution < 1.29 is 0 Å². The van der Waals surface area contributed by atoms with Gasteiger partial charge in [-0.2, -0.15) is 0 Å². The molecule has 6 aromatic carbocycles. The van der Waals surface area contributed by atoms with Crippen molar-refractivity contribution >= 4 is 0 Å². The van der Waals surface area contributed by atoms with Crippen LogP contribution in [-0.2, 0) is 10.8 Å². The lowest BCUT2D eigenvalue weighted by atomic mass is 9.67. The predicted octanol–water partition coefficient (Wildman–Crippen LogP) is 14.3. The van der Waals surface area contributed by atoms with Crippen molar-refractivity contribution in [3.8, 4) is 67.2 Å². The van der Waals surface area contributed by atoms with Crippen LogP contribution in [0.5, 0.6) is 0 Å². The van der Waals surface area contributed by atoms with Crippen LogP contribution in [-0.4, -0.2) is 9.97 Å². The molecule has 0 radical (unpaired) electrons. The molecule has 57 heavy (non-hydrogen) atoms. The molecular weight excluding hydrogens is 689 g/mol. The molecule has 4 aliphatic carbocycles. The summed E-state index contributed by atoms with van der Waals surface area (Å²) in [5.41, 5.74) is 20.9. The summed E-state index contributed by atoms with van der Waals surface area (Å²) >= 11 is 0. The zero-order valence-electron chi connectivity index (χ0n) is 32.8. The summed E-state index contributed by atoms with van der Waals surface area (Å²) in [6.07, 6.45) is 16.1. The Kier molecular flexibility index (Phi) is 7.93. The summed E-state index contributed by atoms with van der Waals surface area (Å²) < 4.78 is 0. The van der Waals surface area contributed by atoms with Crippen LogP contribution in [0.25, 0.3) is 67.2 Å². The lowest BCUT2D eigenvalue weighted by Gasteiger charge is -2.36. The number of benzene rings is 6. The van der Waals surface area contributed by atoms with Crippen molar-refractivity contribution in [2.24, 2.45) is 0 Å². The average molecular weight is 735 g/mol. The third kappa shape index (κ3) is 5.52. The van der Waals surface area contributed by atoms with Crippen LogP contribution in [0.1, 0.15) is 86.2 Å². The van der Waals surface area contributed by atoms with Gasteiger partial charge >= 0.3 is 0 Å². The highest BCUT2D eigenvalue weighted by Gasteiger charge is 2.46. The van der Waals surface area contributed by atoms with Gasteiger partial charge in [0.2, 0.25) is 0 Å². The maximum atomic E-state index is 5.15. The summed E-state index contributed by atoms with van der Waals surface area (Å²) in [6, 6.07) is 52.2. The number of hydrogen-bond acceptors (Lipinski definition) is 2. The Bertz CT molecular complexity index is 2780. The highest BCUT2D eigenvalue weighted by atomic mass is 14.9. The molecule has 1 heterocycles. The molecule has 7 aromatic rings. The number of allylic oxidation sites excluding steroid dienone is 4. The highest BCUT2D eigenvalue weighted by Crippen LogP contribution is 2.60. The van der Waals surface area contributed by atoms with Crippen molar-refractivity contribution in [1.82, 2.24) is 9.97 Å². The van der Waals surface area contributed by atoms with Crippen molar-refractivity contribution in [2.75, 3.05) is 0 Å². The minimum Gasteiger partial charge on any atom is -0.232 e. The molecule has 11 rings (SSSR count). The van der Waals surface area contributed by atoms with E-state index >= 15 is 0 Å². The topological polar surface area (TPSA) is 25.8 Å². The molecule has 1 atom stereocenters. The number of aromatic nitrogens is 2. The van der Waals surface area contributed by atoms with Gasteiger partial charge in [0, 0.05) is 27.9 Å². The quantitative estimate of drug-likeness (QED) is 0.176. The van der Waals surface area contributed by atoms with Gasteiger partial charge in [-0.1, -0.05) is 161 Å². The lowest BCUT2D eigenvalue weighted by molar-refractivity contribution is 0.353. The van der Waals surface area contributed by atoms with Crippen molar-refractivity contribution in [3.63, 3.8) is 0 Å². The maximum Gasteiger partial charge on any atom is 0.160 e. The first-order valence-corrected chi connectivity index (χ1v) is 20.9. The summed E-state index contributed by atoms with van der Waals surface area (Å²) in [7, 11) is 0. The number of rotatable bonds is 5. The fourth-order valence-electron chi connectivity index (χ4n) is 10.6. The highest BCUT2D eigenvalue weighted by molar-refractivity contribution is 5.91. The van der Waals surface area contributed by atoms with Crippen LogP contribution in [0.15, 0.2) is 164 Å². The zero-order valence-corrected chi connectivity index (χ0v) is 32.8. The van der Waals surface area contributed by atoms with E-state index in [0.29, 0.717) is 0 Å². The second kappa shape index (κ2) is 13.2. The Labute approximate surface area is 336 Å². The smallest absolute Gasteiger partial charge is 0.160 e. The second-order valence-corrected chi connectivity index (χ2v) is 17.2. The first-order chi connectivity index (χ1) is 28.0. The largest absolute Gasteiger partial charge is 0.232 e. The van der Waals surface area contributed by atoms with E-state index in [1.54, 1.807) is 11.1 Å². The van der Waals surface area contributed by atoms with Gasteiger partial charge in [-0.05, 0) is 122 Å². The Hall–Kier alpha value is -6.12. The molecular formula is C55H46N2. The van der Waals surface area contributed by atoms with Gasteiger partial charge in [0.05, 0.1) is 11.4 Å². The molecule has 0 bridgehead atoms. The molecule has 1 fully saturated rings. The summed E-state index contributed by atoms with van der Waals surface area (Å²) in [5.74, 6) is 1.000. The van der Waals surface area contributed by atoms with Crippen LogP contribution in [0.4, 0.5) is 0 Å². The van der Waals surface area contributed by atoms with Crippen molar-refractivity contribution in [2.45, 2.75) is 69.1 Å². The SMILES string of the molecule is CC1(C)c2ccccc2-c2cc3c(cc21)-c1cc(-c2cccc(-c4cccc(-c5cc(C6C=CC=CC6)nc(-c6ccccc6)n5)c4)c2)ccc1C31CCCCC1. The molecule has 2 heteroatoms. The van der Waals surface area contributed by atoms with Gasteiger partial charge in [0.25, 0.3) is 0 Å². The predicted molar refractivity (Wildman–Crippen MR) is 236 cm³/mol. The number of fused-ring (bicyclic) bond motifs is 8. The summed E-state index contributed by atoms with van der Waals surface area (Å²) in [6.45, 7) is 4.82. The van der Waals surface area contributed by atoms with E-state index in [4.69, 9.17) is 9.97 Å². The maximum absolute atomic E-state index is 5.15. The molecule has 0 aliphatic heterocycles. The van der Waals surface area contributed by atoms with Crippen LogP contribution in [0.3, 0.4) is 0 Å². The minimum absolute atomic E-state index is 0.0232. The van der Waals surface area contributed by atoms with Gasteiger partial charge < -0.3 is 0 Å². The second-order valence-electron chi connectivity index (χ2n) is 17.2. The van der Waals surface area contributed by atoms with E-state index in [9.17, 15) is 0 Å².